The van der Waals surface area contributed by atoms with E-state index >= 15 is 0 Å². The predicted molar refractivity (Wildman–Crippen MR) is 79.0 cm³/mol. The lowest BCUT2D eigenvalue weighted by atomic mass is 10.2. The molecule has 1 heterocycles. The lowest BCUT2D eigenvalue weighted by molar-refractivity contribution is 0.128. The lowest BCUT2D eigenvalue weighted by Gasteiger charge is -2.09. The van der Waals surface area contributed by atoms with Gasteiger partial charge in [0.1, 0.15) is 18.2 Å². The molecule has 112 valence electrons. The van der Waals surface area contributed by atoms with Gasteiger partial charge in [-0.3, -0.25) is 0 Å². The van der Waals surface area contributed by atoms with Crippen molar-refractivity contribution in [2.24, 2.45) is 0 Å². The molecule has 0 radical (unpaired) electrons. The molecule has 0 fully saturated rings. The summed E-state index contributed by atoms with van der Waals surface area (Å²) in [4.78, 5) is 8.37. The van der Waals surface area contributed by atoms with Crippen molar-refractivity contribution < 1.29 is 14.2 Å². The molecule has 6 nitrogen and oxygen atoms in total. The number of ether oxygens (including phenoxy) is 3. The first-order valence-electron chi connectivity index (χ1n) is 6.68. The molecular formula is C15H19N3O3. The van der Waals surface area contributed by atoms with Crippen LogP contribution in [0, 0.1) is 0 Å². The number of hydrogen-bond acceptors (Lipinski definition) is 6. The van der Waals surface area contributed by atoms with Gasteiger partial charge in [-0.1, -0.05) is 12.1 Å². The minimum Gasteiger partial charge on any atom is -0.439 e. The number of nitrogens with zero attached hydrogens (tertiary/aromatic N) is 2. The largest absolute Gasteiger partial charge is 0.439 e. The fourth-order valence-electron chi connectivity index (χ4n) is 1.79. The maximum atomic E-state index is 5.76. The Kier molecular flexibility index (Phi) is 5.48. The van der Waals surface area contributed by atoms with E-state index in [1.165, 1.54) is 0 Å². The summed E-state index contributed by atoms with van der Waals surface area (Å²) in [6.07, 6.45) is 0. The summed E-state index contributed by atoms with van der Waals surface area (Å²) in [5.41, 5.74) is 6.78. The standard InChI is InChI=1S/C15H19N3O3/c1-3-20-10-14-17-13(16)8-15(18-14)21-12-6-4-5-11(7-12)9-19-2/h4-8H,3,9-10H2,1-2H3,(H2,16,17,18). The quantitative estimate of drug-likeness (QED) is 0.843. The number of rotatable bonds is 7. The van der Waals surface area contributed by atoms with E-state index in [4.69, 9.17) is 19.9 Å². The van der Waals surface area contributed by atoms with E-state index in [-0.39, 0.29) is 0 Å². The molecule has 1 aromatic heterocycles. The number of methoxy groups -OCH3 is 1. The first-order valence-corrected chi connectivity index (χ1v) is 6.68. The molecule has 1 aromatic carbocycles. The second kappa shape index (κ2) is 7.56. The van der Waals surface area contributed by atoms with Crippen molar-refractivity contribution in [3.8, 4) is 11.6 Å². The van der Waals surface area contributed by atoms with E-state index < -0.39 is 0 Å². The van der Waals surface area contributed by atoms with Crippen LogP contribution >= 0.6 is 0 Å². The highest BCUT2D eigenvalue weighted by atomic mass is 16.5. The Balaban J connectivity index is 2.14. The lowest BCUT2D eigenvalue weighted by Crippen LogP contribution is -2.03. The zero-order chi connectivity index (χ0) is 15.1. The monoisotopic (exact) mass is 289 g/mol. The van der Waals surface area contributed by atoms with Gasteiger partial charge in [0, 0.05) is 19.8 Å². The van der Waals surface area contributed by atoms with Gasteiger partial charge in [0.05, 0.1) is 6.61 Å². The molecule has 0 atom stereocenters. The summed E-state index contributed by atoms with van der Waals surface area (Å²) in [6.45, 7) is 3.33. The van der Waals surface area contributed by atoms with Crippen LogP contribution in [0.25, 0.3) is 0 Å². The van der Waals surface area contributed by atoms with Gasteiger partial charge in [-0.05, 0) is 24.6 Å². The normalized spacial score (nSPS) is 10.6. The van der Waals surface area contributed by atoms with Gasteiger partial charge in [0.25, 0.3) is 0 Å². The molecule has 2 aromatic rings. The van der Waals surface area contributed by atoms with Crippen LogP contribution in [0.2, 0.25) is 0 Å². The van der Waals surface area contributed by atoms with Crippen molar-refractivity contribution >= 4 is 5.82 Å². The smallest absolute Gasteiger partial charge is 0.224 e. The zero-order valence-corrected chi connectivity index (χ0v) is 12.2. The molecule has 0 bridgehead atoms. The van der Waals surface area contributed by atoms with E-state index in [0.717, 1.165) is 5.56 Å². The molecule has 2 N–H and O–H groups in total. The summed E-state index contributed by atoms with van der Waals surface area (Å²) in [5, 5.41) is 0. The second-order valence-corrected chi connectivity index (χ2v) is 4.37. The minimum absolute atomic E-state index is 0.307. The van der Waals surface area contributed by atoms with Crippen molar-refractivity contribution in [2.45, 2.75) is 20.1 Å². The highest BCUT2D eigenvalue weighted by Gasteiger charge is 2.06. The van der Waals surface area contributed by atoms with E-state index in [1.807, 2.05) is 31.2 Å². The van der Waals surface area contributed by atoms with Crippen LogP contribution in [0.15, 0.2) is 30.3 Å². The van der Waals surface area contributed by atoms with Crippen LogP contribution in [0.3, 0.4) is 0 Å². The maximum absolute atomic E-state index is 5.76. The molecule has 0 saturated heterocycles. The molecule has 21 heavy (non-hydrogen) atoms. The third-order valence-corrected chi connectivity index (χ3v) is 2.64. The zero-order valence-electron chi connectivity index (χ0n) is 12.2. The highest BCUT2D eigenvalue weighted by molar-refractivity contribution is 5.36. The first kappa shape index (κ1) is 15.2. The van der Waals surface area contributed by atoms with Gasteiger partial charge in [-0.15, -0.1) is 0 Å². The van der Waals surface area contributed by atoms with Crippen LogP contribution in [0.4, 0.5) is 5.82 Å². The SMILES string of the molecule is CCOCc1nc(N)cc(Oc2cccc(COC)c2)n1. The van der Waals surface area contributed by atoms with Crippen LogP contribution in [-0.4, -0.2) is 23.7 Å². The van der Waals surface area contributed by atoms with Gasteiger partial charge < -0.3 is 19.9 Å². The number of nitrogen functional groups attached to an aromatic ring is 1. The summed E-state index contributed by atoms with van der Waals surface area (Å²) in [6, 6.07) is 9.18. The maximum Gasteiger partial charge on any atom is 0.224 e. The highest BCUT2D eigenvalue weighted by Crippen LogP contribution is 2.22. The molecule has 0 amide bonds. The second-order valence-electron chi connectivity index (χ2n) is 4.37. The fraction of sp³-hybridized carbons (Fsp3) is 0.333. The Labute approximate surface area is 123 Å². The Bertz CT molecular complexity index is 590. The van der Waals surface area contributed by atoms with Crippen molar-refractivity contribution in [1.29, 1.82) is 0 Å². The Morgan fingerprint density at radius 2 is 2.00 bits per heavy atom. The molecule has 0 saturated carbocycles. The van der Waals surface area contributed by atoms with E-state index in [2.05, 4.69) is 9.97 Å². The Morgan fingerprint density at radius 3 is 2.76 bits per heavy atom. The predicted octanol–water partition coefficient (Wildman–Crippen LogP) is 2.53. The average Bonchev–Trinajstić information content (AvgIpc) is 2.45. The average molecular weight is 289 g/mol. The van der Waals surface area contributed by atoms with Crippen LogP contribution in [0.5, 0.6) is 11.6 Å². The van der Waals surface area contributed by atoms with E-state index in [1.54, 1.807) is 13.2 Å². The summed E-state index contributed by atoms with van der Waals surface area (Å²) in [5.74, 6) is 1.92. The minimum atomic E-state index is 0.307. The van der Waals surface area contributed by atoms with Gasteiger partial charge in [0.2, 0.25) is 5.88 Å². The topological polar surface area (TPSA) is 79.5 Å². The summed E-state index contributed by atoms with van der Waals surface area (Å²) >= 11 is 0. The van der Waals surface area contributed by atoms with Gasteiger partial charge in [0.15, 0.2) is 5.82 Å². The van der Waals surface area contributed by atoms with Crippen LogP contribution in [-0.2, 0) is 22.7 Å². The van der Waals surface area contributed by atoms with Gasteiger partial charge >= 0.3 is 0 Å². The van der Waals surface area contributed by atoms with Crippen LogP contribution < -0.4 is 10.5 Å². The first-order chi connectivity index (χ1) is 10.2. The molecular weight excluding hydrogens is 270 g/mol. The number of benzene rings is 1. The summed E-state index contributed by atoms with van der Waals surface area (Å²) in [7, 11) is 1.65. The number of anilines is 1. The van der Waals surface area contributed by atoms with E-state index in [9.17, 15) is 0 Å². The molecule has 0 unspecified atom stereocenters. The third-order valence-electron chi connectivity index (χ3n) is 2.64. The molecule has 0 aliphatic rings. The Morgan fingerprint density at radius 1 is 1.14 bits per heavy atom. The van der Waals surface area contributed by atoms with Gasteiger partial charge in [-0.2, -0.15) is 4.98 Å². The van der Waals surface area contributed by atoms with Crippen molar-refractivity contribution in [2.75, 3.05) is 19.5 Å². The Hall–Kier alpha value is -2.18. The summed E-state index contributed by atoms with van der Waals surface area (Å²) < 4.78 is 16.1. The third kappa shape index (κ3) is 4.70. The molecule has 0 spiro atoms. The number of aromatic nitrogens is 2. The van der Waals surface area contributed by atoms with Crippen molar-refractivity contribution in [3.63, 3.8) is 0 Å². The van der Waals surface area contributed by atoms with Crippen molar-refractivity contribution in [3.05, 3.63) is 41.7 Å². The molecule has 6 heteroatoms. The van der Waals surface area contributed by atoms with E-state index in [0.29, 0.717) is 43.1 Å². The number of hydrogen-bond donors (Lipinski definition) is 1. The van der Waals surface area contributed by atoms with Crippen molar-refractivity contribution in [1.82, 2.24) is 9.97 Å². The molecule has 0 aliphatic heterocycles. The molecule has 0 aliphatic carbocycles. The van der Waals surface area contributed by atoms with Crippen LogP contribution in [0.1, 0.15) is 18.3 Å². The number of nitrogens with two attached hydrogens (primary N) is 1. The van der Waals surface area contributed by atoms with Gasteiger partial charge in [-0.25, -0.2) is 4.98 Å². The fourth-order valence-corrected chi connectivity index (χ4v) is 1.79. The molecule has 2 rings (SSSR count).